The van der Waals surface area contributed by atoms with Crippen molar-refractivity contribution in [3.8, 4) is 11.5 Å². The number of hydrogen-bond acceptors (Lipinski definition) is 3. The third-order valence-electron chi connectivity index (χ3n) is 3.45. The van der Waals surface area contributed by atoms with Crippen molar-refractivity contribution in [1.29, 1.82) is 0 Å². The smallest absolute Gasteiger partial charge is 0.387 e. The number of ether oxygens (including phenoxy) is 2. The Balaban J connectivity index is 1.90. The third kappa shape index (κ3) is 2.77. The van der Waals surface area contributed by atoms with Crippen LogP contribution in [0.25, 0.3) is 0 Å². The molecule has 2 aromatic rings. The lowest BCUT2D eigenvalue weighted by atomic mass is 10.1. The summed E-state index contributed by atoms with van der Waals surface area (Å²) in [7, 11) is 0. The Labute approximate surface area is 121 Å². The maximum absolute atomic E-state index is 12.5. The summed E-state index contributed by atoms with van der Waals surface area (Å²) in [6.07, 6.45) is -0.366. The first-order valence-electron chi connectivity index (χ1n) is 6.69. The Morgan fingerprint density at radius 2 is 2.00 bits per heavy atom. The number of rotatable bonds is 3. The molecule has 1 aliphatic rings. The number of hydrogen-bond donors (Lipinski definition) is 1. The van der Waals surface area contributed by atoms with E-state index in [1.165, 1.54) is 6.07 Å². The molecule has 5 heteroatoms. The maximum atomic E-state index is 12.5. The molecule has 0 bridgehead atoms. The monoisotopic (exact) mass is 291 g/mol. The highest BCUT2D eigenvalue weighted by Crippen LogP contribution is 2.38. The van der Waals surface area contributed by atoms with Crippen LogP contribution in [0.15, 0.2) is 42.5 Å². The summed E-state index contributed by atoms with van der Waals surface area (Å²) >= 11 is 0. The molecule has 1 N–H and O–H groups in total. The Morgan fingerprint density at radius 1 is 1.19 bits per heavy atom. The van der Waals surface area contributed by atoms with Crippen LogP contribution in [-0.4, -0.2) is 13.2 Å². The predicted octanol–water partition coefficient (Wildman–Crippen LogP) is 4.14. The number of anilines is 1. The molecular weight excluding hydrogens is 276 g/mol. The first-order valence-corrected chi connectivity index (χ1v) is 6.69. The fraction of sp³-hybridized carbons (Fsp3) is 0.250. The quantitative estimate of drug-likeness (QED) is 0.921. The highest BCUT2D eigenvalue weighted by atomic mass is 19.3. The number of alkyl halides is 2. The zero-order valence-corrected chi connectivity index (χ0v) is 11.5. The van der Waals surface area contributed by atoms with Gasteiger partial charge in [0.2, 0.25) is 0 Å². The summed E-state index contributed by atoms with van der Waals surface area (Å²) in [6, 6.07) is 12.5. The van der Waals surface area contributed by atoms with Crippen LogP contribution in [0.3, 0.4) is 0 Å². The molecule has 1 aliphatic heterocycles. The van der Waals surface area contributed by atoms with Crippen molar-refractivity contribution >= 4 is 5.69 Å². The van der Waals surface area contributed by atoms with Gasteiger partial charge in [-0.25, -0.2) is 0 Å². The number of nitrogens with one attached hydrogen (secondary N) is 1. The minimum atomic E-state index is -2.85. The van der Waals surface area contributed by atoms with E-state index in [-0.39, 0.29) is 11.9 Å². The summed E-state index contributed by atoms with van der Waals surface area (Å²) in [5.74, 6) is 0.869. The number of halogens is 2. The molecule has 0 aromatic heterocycles. The third-order valence-corrected chi connectivity index (χ3v) is 3.45. The Hall–Kier alpha value is -2.30. The van der Waals surface area contributed by atoms with Crippen LogP contribution in [0.5, 0.6) is 11.5 Å². The van der Waals surface area contributed by atoms with Crippen LogP contribution in [0, 0.1) is 6.92 Å². The summed E-state index contributed by atoms with van der Waals surface area (Å²) in [4.78, 5) is 0. The van der Waals surface area contributed by atoms with E-state index in [4.69, 9.17) is 4.74 Å². The first kappa shape index (κ1) is 13.7. The second kappa shape index (κ2) is 5.60. The topological polar surface area (TPSA) is 30.5 Å². The molecule has 0 saturated carbocycles. The van der Waals surface area contributed by atoms with Gasteiger partial charge in [-0.2, -0.15) is 8.78 Å². The maximum Gasteiger partial charge on any atom is 0.387 e. The first-order chi connectivity index (χ1) is 10.1. The van der Waals surface area contributed by atoms with E-state index in [9.17, 15) is 8.78 Å². The van der Waals surface area contributed by atoms with Gasteiger partial charge >= 0.3 is 6.61 Å². The van der Waals surface area contributed by atoms with E-state index < -0.39 is 6.61 Å². The minimum absolute atomic E-state index is 0.149. The highest BCUT2D eigenvalue weighted by Gasteiger charge is 2.25. The van der Waals surface area contributed by atoms with Crippen molar-refractivity contribution in [2.75, 3.05) is 11.9 Å². The molecule has 1 atom stereocenters. The molecule has 0 aliphatic carbocycles. The van der Waals surface area contributed by atoms with Gasteiger partial charge < -0.3 is 14.8 Å². The fourth-order valence-electron chi connectivity index (χ4n) is 2.48. The highest BCUT2D eigenvalue weighted by molar-refractivity contribution is 5.63. The van der Waals surface area contributed by atoms with E-state index in [1.54, 1.807) is 18.2 Å². The van der Waals surface area contributed by atoms with Crippen molar-refractivity contribution < 1.29 is 18.3 Å². The van der Waals surface area contributed by atoms with Crippen molar-refractivity contribution in [3.05, 3.63) is 53.6 Å². The largest absolute Gasteiger partial charge is 0.482 e. The van der Waals surface area contributed by atoms with E-state index in [2.05, 4.69) is 10.1 Å². The average Bonchev–Trinajstić information content (AvgIpc) is 2.47. The standard InChI is InChI=1S/C16H15F2NO2/c1-10-5-4-8-13-15(10)19-9-14(20-13)11-6-2-3-7-12(11)21-16(17)18/h2-8,14,16,19H,9H2,1H3. The van der Waals surface area contributed by atoms with E-state index >= 15 is 0 Å². The summed E-state index contributed by atoms with van der Waals surface area (Å²) in [5.41, 5.74) is 2.64. The molecule has 110 valence electrons. The number of aryl methyl sites for hydroxylation is 1. The van der Waals surface area contributed by atoms with Gasteiger partial charge in [0.05, 0.1) is 12.2 Å². The summed E-state index contributed by atoms with van der Waals surface area (Å²) in [6.45, 7) is -0.359. The molecule has 3 nitrogen and oxygen atoms in total. The summed E-state index contributed by atoms with van der Waals surface area (Å²) < 4.78 is 35.5. The molecule has 0 amide bonds. The Morgan fingerprint density at radius 3 is 2.81 bits per heavy atom. The van der Waals surface area contributed by atoms with E-state index in [0.29, 0.717) is 12.1 Å². The van der Waals surface area contributed by atoms with E-state index in [0.717, 1.165) is 17.0 Å². The normalized spacial score (nSPS) is 16.9. The van der Waals surface area contributed by atoms with Gasteiger partial charge in [0.25, 0.3) is 0 Å². The molecule has 0 radical (unpaired) electrons. The predicted molar refractivity (Wildman–Crippen MR) is 76.1 cm³/mol. The zero-order valence-electron chi connectivity index (χ0n) is 11.5. The molecule has 2 aromatic carbocycles. The summed E-state index contributed by atoms with van der Waals surface area (Å²) in [5, 5.41) is 3.29. The number of benzene rings is 2. The number of para-hydroxylation sites is 2. The van der Waals surface area contributed by atoms with Crippen molar-refractivity contribution in [2.24, 2.45) is 0 Å². The number of fused-ring (bicyclic) bond motifs is 1. The van der Waals surface area contributed by atoms with Gasteiger partial charge in [-0.05, 0) is 24.6 Å². The van der Waals surface area contributed by atoms with Crippen LogP contribution in [0.2, 0.25) is 0 Å². The Bertz CT molecular complexity index is 646. The van der Waals surface area contributed by atoms with Gasteiger partial charge in [-0.3, -0.25) is 0 Å². The van der Waals surface area contributed by atoms with Crippen molar-refractivity contribution in [2.45, 2.75) is 19.6 Å². The molecule has 0 saturated heterocycles. The van der Waals surface area contributed by atoms with Crippen molar-refractivity contribution in [3.63, 3.8) is 0 Å². The molecule has 1 heterocycles. The second-order valence-corrected chi connectivity index (χ2v) is 4.85. The van der Waals surface area contributed by atoms with E-state index in [1.807, 2.05) is 25.1 Å². The van der Waals surface area contributed by atoms with Gasteiger partial charge in [-0.1, -0.05) is 30.3 Å². The Kier molecular flexibility index (Phi) is 3.64. The molecular formula is C16H15F2NO2. The molecule has 0 fully saturated rings. The lowest BCUT2D eigenvalue weighted by Gasteiger charge is -2.29. The lowest BCUT2D eigenvalue weighted by molar-refractivity contribution is -0.0513. The average molecular weight is 291 g/mol. The van der Waals surface area contributed by atoms with Crippen LogP contribution in [0.1, 0.15) is 17.2 Å². The second-order valence-electron chi connectivity index (χ2n) is 4.85. The van der Waals surface area contributed by atoms with Gasteiger partial charge in [0.1, 0.15) is 17.6 Å². The van der Waals surface area contributed by atoms with Gasteiger partial charge in [0, 0.05) is 5.56 Å². The van der Waals surface area contributed by atoms with Gasteiger partial charge in [0.15, 0.2) is 0 Å². The van der Waals surface area contributed by atoms with Crippen LogP contribution in [-0.2, 0) is 0 Å². The molecule has 1 unspecified atom stereocenters. The fourth-order valence-corrected chi connectivity index (χ4v) is 2.48. The van der Waals surface area contributed by atoms with Gasteiger partial charge in [-0.15, -0.1) is 0 Å². The SMILES string of the molecule is Cc1cccc2c1NCC(c1ccccc1OC(F)F)O2. The van der Waals surface area contributed by atoms with Crippen LogP contribution < -0.4 is 14.8 Å². The van der Waals surface area contributed by atoms with Crippen molar-refractivity contribution in [1.82, 2.24) is 0 Å². The molecule has 3 rings (SSSR count). The molecule has 21 heavy (non-hydrogen) atoms. The zero-order chi connectivity index (χ0) is 14.8. The van der Waals surface area contributed by atoms with Crippen LogP contribution in [0.4, 0.5) is 14.5 Å². The minimum Gasteiger partial charge on any atom is -0.482 e. The molecule has 0 spiro atoms. The lowest BCUT2D eigenvalue weighted by Crippen LogP contribution is -2.24. The van der Waals surface area contributed by atoms with Crippen LogP contribution >= 0.6 is 0 Å².